The van der Waals surface area contributed by atoms with Gasteiger partial charge < -0.3 is 15.0 Å². The van der Waals surface area contributed by atoms with Gasteiger partial charge in [-0.15, -0.1) is 0 Å². The maximum absolute atomic E-state index is 13.2. The van der Waals surface area contributed by atoms with E-state index in [9.17, 15) is 9.90 Å². The molecule has 2 aliphatic heterocycles. The van der Waals surface area contributed by atoms with Crippen LogP contribution in [0.15, 0.2) is 28.9 Å². The molecule has 4 fully saturated rings. The third-order valence-corrected chi connectivity index (χ3v) is 7.54. The molecule has 2 saturated carbocycles. The summed E-state index contributed by atoms with van der Waals surface area (Å²) in [4.78, 5) is 18.7. The lowest BCUT2D eigenvalue weighted by Gasteiger charge is -2.59. The molecule has 3 unspecified atom stereocenters. The standard InChI is InChI=1S/C21H25BrN2O2/c1-12(16-11-23-18-4-2-3-17(22)20(16)18)5-19(25)24-14-6-13-7-15(24)10-21(26,8-13)9-14/h2-4,11-15,23,26H,5-10H2,1H3. The molecule has 1 amide bonds. The molecule has 2 N–H and O–H groups in total. The highest BCUT2D eigenvalue weighted by Gasteiger charge is 2.54. The maximum Gasteiger partial charge on any atom is 0.223 e. The van der Waals surface area contributed by atoms with Crippen LogP contribution in [0.25, 0.3) is 10.9 Å². The van der Waals surface area contributed by atoms with E-state index < -0.39 is 5.60 Å². The predicted octanol–water partition coefficient (Wildman–Crippen LogP) is 4.33. The van der Waals surface area contributed by atoms with Gasteiger partial charge in [0.1, 0.15) is 0 Å². The second-order valence-electron chi connectivity index (χ2n) is 8.79. The first-order valence-corrected chi connectivity index (χ1v) is 10.5. The molecule has 3 atom stereocenters. The van der Waals surface area contributed by atoms with E-state index in [1.54, 1.807) is 0 Å². The minimum Gasteiger partial charge on any atom is -0.390 e. The number of nitrogens with zero attached hydrogens (tertiary/aromatic N) is 1. The van der Waals surface area contributed by atoms with E-state index in [1.165, 1.54) is 10.9 Å². The van der Waals surface area contributed by atoms with Crippen molar-refractivity contribution in [2.75, 3.05) is 0 Å². The van der Waals surface area contributed by atoms with Crippen molar-refractivity contribution in [1.82, 2.24) is 9.88 Å². The van der Waals surface area contributed by atoms with Gasteiger partial charge in [0, 0.05) is 40.1 Å². The normalized spacial score (nSPS) is 33.8. The Bertz CT molecular complexity index is 860. The number of fused-ring (bicyclic) bond motifs is 1. The van der Waals surface area contributed by atoms with E-state index in [1.807, 2.05) is 12.3 Å². The summed E-state index contributed by atoms with van der Waals surface area (Å²) in [5, 5.41) is 11.9. The lowest BCUT2D eigenvalue weighted by molar-refractivity contribution is -0.174. The van der Waals surface area contributed by atoms with Crippen LogP contribution in [-0.2, 0) is 4.79 Å². The fraction of sp³-hybridized carbons (Fsp3) is 0.571. The summed E-state index contributed by atoms with van der Waals surface area (Å²) in [7, 11) is 0. The molecule has 4 bridgehead atoms. The number of halogens is 1. The number of carbonyl (C=O) groups is 1. The summed E-state index contributed by atoms with van der Waals surface area (Å²) in [6, 6.07) is 6.64. The van der Waals surface area contributed by atoms with Gasteiger partial charge in [0.25, 0.3) is 0 Å². The van der Waals surface area contributed by atoms with Crippen LogP contribution in [0.4, 0.5) is 0 Å². The van der Waals surface area contributed by atoms with Crippen LogP contribution in [0, 0.1) is 5.92 Å². The molecule has 3 heterocycles. The van der Waals surface area contributed by atoms with Gasteiger partial charge in [0.2, 0.25) is 5.91 Å². The number of aromatic nitrogens is 1. The van der Waals surface area contributed by atoms with Gasteiger partial charge in [-0.05, 0) is 61.6 Å². The minimum atomic E-state index is -0.499. The number of hydrogen-bond donors (Lipinski definition) is 2. The number of amides is 1. The SMILES string of the molecule is CC(CC(=O)N1C2CC3CC1CC(O)(C3)C2)c1c[nH]c2cccc(Br)c12. The Balaban J connectivity index is 1.37. The van der Waals surface area contributed by atoms with Crippen molar-refractivity contribution in [2.45, 2.75) is 69.1 Å². The fourth-order valence-corrected chi connectivity index (χ4v) is 6.62. The number of aliphatic hydroxyl groups is 1. The first kappa shape index (κ1) is 16.8. The smallest absolute Gasteiger partial charge is 0.223 e. The highest BCUT2D eigenvalue weighted by atomic mass is 79.9. The van der Waals surface area contributed by atoms with Crippen LogP contribution in [0.5, 0.6) is 0 Å². The predicted molar refractivity (Wildman–Crippen MR) is 105 cm³/mol. The third kappa shape index (κ3) is 2.55. The van der Waals surface area contributed by atoms with Crippen LogP contribution >= 0.6 is 15.9 Å². The van der Waals surface area contributed by atoms with Crippen LogP contribution in [0.3, 0.4) is 0 Å². The molecule has 0 radical (unpaired) electrons. The molecular formula is C21H25BrN2O2. The molecule has 2 aliphatic carbocycles. The Morgan fingerprint density at radius 2 is 2.08 bits per heavy atom. The zero-order valence-electron chi connectivity index (χ0n) is 15.0. The number of piperidine rings is 2. The monoisotopic (exact) mass is 416 g/mol. The van der Waals surface area contributed by atoms with E-state index in [2.05, 4.69) is 44.9 Å². The van der Waals surface area contributed by atoms with Crippen LogP contribution in [0.2, 0.25) is 0 Å². The van der Waals surface area contributed by atoms with E-state index >= 15 is 0 Å². The summed E-state index contributed by atoms with van der Waals surface area (Å²) >= 11 is 3.65. The number of hydrogen-bond acceptors (Lipinski definition) is 2. The molecular weight excluding hydrogens is 392 g/mol. The van der Waals surface area contributed by atoms with Gasteiger partial charge in [-0.2, -0.15) is 0 Å². The third-order valence-electron chi connectivity index (χ3n) is 6.88. The lowest BCUT2D eigenvalue weighted by atomic mass is 9.61. The number of rotatable bonds is 3. The fourth-order valence-electron chi connectivity index (χ4n) is 6.02. The van der Waals surface area contributed by atoms with Gasteiger partial charge in [-0.3, -0.25) is 4.79 Å². The first-order valence-electron chi connectivity index (χ1n) is 9.72. The van der Waals surface area contributed by atoms with E-state index in [-0.39, 0.29) is 23.9 Å². The summed E-state index contributed by atoms with van der Waals surface area (Å²) in [6.07, 6.45) is 7.24. The largest absolute Gasteiger partial charge is 0.390 e. The van der Waals surface area contributed by atoms with Crippen molar-refractivity contribution in [1.29, 1.82) is 0 Å². The molecule has 4 aliphatic rings. The molecule has 26 heavy (non-hydrogen) atoms. The summed E-state index contributed by atoms with van der Waals surface area (Å²) in [5.41, 5.74) is 1.80. The zero-order valence-corrected chi connectivity index (χ0v) is 16.6. The molecule has 138 valence electrons. The van der Waals surface area contributed by atoms with Crippen molar-refractivity contribution in [3.63, 3.8) is 0 Å². The Labute approximate surface area is 162 Å². The second kappa shape index (κ2) is 5.83. The second-order valence-corrected chi connectivity index (χ2v) is 9.65. The number of nitrogens with one attached hydrogen (secondary N) is 1. The van der Waals surface area contributed by atoms with Crippen LogP contribution in [0.1, 0.15) is 56.9 Å². The van der Waals surface area contributed by atoms with Gasteiger partial charge in [0.05, 0.1) is 5.60 Å². The quantitative estimate of drug-likeness (QED) is 0.781. The van der Waals surface area contributed by atoms with E-state index in [4.69, 9.17) is 0 Å². The van der Waals surface area contributed by atoms with Gasteiger partial charge in [-0.25, -0.2) is 0 Å². The van der Waals surface area contributed by atoms with Gasteiger partial charge >= 0.3 is 0 Å². The Kier molecular flexibility index (Phi) is 3.77. The topological polar surface area (TPSA) is 56.3 Å². The Morgan fingerprint density at radius 1 is 1.35 bits per heavy atom. The molecule has 2 aromatic rings. The number of aromatic amines is 1. The average Bonchev–Trinajstić information content (AvgIpc) is 2.98. The minimum absolute atomic E-state index is 0.162. The molecule has 4 nitrogen and oxygen atoms in total. The van der Waals surface area contributed by atoms with Gasteiger partial charge in [0.15, 0.2) is 0 Å². The van der Waals surface area contributed by atoms with Crippen LogP contribution in [-0.4, -0.2) is 38.6 Å². The van der Waals surface area contributed by atoms with Crippen molar-refractivity contribution >= 4 is 32.7 Å². The lowest BCUT2D eigenvalue weighted by Crippen LogP contribution is -2.65. The Hall–Kier alpha value is -1.33. The summed E-state index contributed by atoms with van der Waals surface area (Å²) in [5.74, 6) is 1.04. The molecule has 5 heteroatoms. The highest BCUT2D eigenvalue weighted by molar-refractivity contribution is 9.10. The summed E-state index contributed by atoms with van der Waals surface area (Å²) in [6.45, 7) is 2.14. The van der Waals surface area contributed by atoms with E-state index in [0.717, 1.165) is 42.1 Å². The van der Waals surface area contributed by atoms with Crippen LogP contribution < -0.4 is 0 Å². The maximum atomic E-state index is 13.2. The molecule has 0 spiro atoms. The Morgan fingerprint density at radius 3 is 2.77 bits per heavy atom. The molecule has 1 aromatic heterocycles. The first-order chi connectivity index (χ1) is 12.4. The van der Waals surface area contributed by atoms with Crippen molar-refractivity contribution < 1.29 is 9.90 Å². The number of carbonyl (C=O) groups excluding carboxylic acids is 1. The van der Waals surface area contributed by atoms with E-state index in [0.29, 0.717) is 12.3 Å². The number of H-pyrrole nitrogens is 1. The van der Waals surface area contributed by atoms with Crippen molar-refractivity contribution in [3.05, 3.63) is 34.4 Å². The molecule has 2 saturated heterocycles. The number of benzene rings is 1. The zero-order chi connectivity index (χ0) is 18.1. The molecule has 6 rings (SSSR count). The summed E-state index contributed by atoms with van der Waals surface area (Å²) < 4.78 is 1.07. The van der Waals surface area contributed by atoms with Crippen molar-refractivity contribution in [3.8, 4) is 0 Å². The van der Waals surface area contributed by atoms with Crippen molar-refractivity contribution in [2.24, 2.45) is 5.92 Å². The van der Waals surface area contributed by atoms with Gasteiger partial charge in [-0.1, -0.05) is 28.9 Å². The highest BCUT2D eigenvalue weighted by Crippen LogP contribution is 2.51. The molecule has 1 aromatic carbocycles. The average molecular weight is 417 g/mol.